The standard InChI is InChI=1S/C21H25N7O2.ClH/c29-21(18-14-28(26-25-18)11-6-16-5-1-2-9-23-16)27-10-7-19-17(13-27)24-20(30-19)15-4-3-8-22-12-15;/h3-4,8,12,14,16,23H,1-2,5-7,9-11,13H2;1H. The Morgan fingerprint density at radius 3 is 3.06 bits per heavy atom. The zero-order valence-electron chi connectivity index (χ0n) is 17.2. The first kappa shape index (κ1) is 21.5. The normalized spacial score (nSPS) is 18.3. The zero-order chi connectivity index (χ0) is 20.3. The number of nitrogens with one attached hydrogen (secondary N) is 1. The second-order valence-electron chi connectivity index (χ2n) is 7.91. The lowest BCUT2D eigenvalue weighted by Crippen LogP contribution is -2.36. The first-order chi connectivity index (χ1) is 14.8. The van der Waals surface area contributed by atoms with E-state index < -0.39 is 0 Å². The molecular formula is C21H26ClN7O2. The first-order valence-corrected chi connectivity index (χ1v) is 10.6. The quantitative estimate of drug-likeness (QED) is 0.646. The van der Waals surface area contributed by atoms with Crippen LogP contribution in [0, 0.1) is 0 Å². The molecule has 1 atom stereocenters. The van der Waals surface area contributed by atoms with Crippen LogP contribution in [0.2, 0.25) is 0 Å². The van der Waals surface area contributed by atoms with Crippen LogP contribution in [0.4, 0.5) is 0 Å². The van der Waals surface area contributed by atoms with E-state index in [1.54, 1.807) is 28.2 Å². The van der Waals surface area contributed by atoms with Crippen LogP contribution in [0.3, 0.4) is 0 Å². The van der Waals surface area contributed by atoms with E-state index >= 15 is 0 Å². The summed E-state index contributed by atoms with van der Waals surface area (Å²) in [6, 6.07) is 4.29. The minimum Gasteiger partial charge on any atom is -0.441 e. The van der Waals surface area contributed by atoms with E-state index in [4.69, 9.17) is 4.42 Å². The number of halogens is 1. The first-order valence-electron chi connectivity index (χ1n) is 10.6. The number of pyridine rings is 1. The average molecular weight is 444 g/mol. The highest BCUT2D eigenvalue weighted by atomic mass is 35.5. The van der Waals surface area contributed by atoms with Gasteiger partial charge in [-0.2, -0.15) is 0 Å². The van der Waals surface area contributed by atoms with Gasteiger partial charge in [-0.3, -0.25) is 14.5 Å². The van der Waals surface area contributed by atoms with Crippen molar-refractivity contribution in [1.29, 1.82) is 0 Å². The van der Waals surface area contributed by atoms with Crippen LogP contribution < -0.4 is 5.32 Å². The number of carbonyl (C=O) groups is 1. The highest BCUT2D eigenvalue weighted by Crippen LogP contribution is 2.26. The van der Waals surface area contributed by atoms with Gasteiger partial charge in [0.25, 0.3) is 5.91 Å². The number of hydrogen-bond acceptors (Lipinski definition) is 7. The lowest BCUT2D eigenvalue weighted by molar-refractivity contribution is 0.0722. The minimum atomic E-state index is -0.117. The Morgan fingerprint density at radius 1 is 1.32 bits per heavy atom. The monoisotopic (exact) mass is 443 g/mol. The summed E-state index contributed by atoms with van der Waals surface area (Å²) >= 11 is 0. The van der Waals surface area contributed by atoms with Gasteiger partial charge in [-0.05, 0) is 37.9 Å². The molecule has 1 saturated heterocycles. The number of oxazole rings is 1. The van der Waals surface area contributed by atoms with Crippen LogP contribution in [0.5, 0.6) is 0 Å². The number of nitrogens with zero attached hydrogens (tertiary/aromatic N) is 6. The Hall–Kier alpha value is -2.78. The molecule has 5 heterocycles. The van der Waals surface area contributed by atoms with Crippen LogP contribution in [0.1, 0.15) is 47.6 Å². The molecule has 0 aromatic carbocycles. The smallest absolute Gasteiger partial charge is 0.276 e. The number of amides is 1. The van der Waals surface area contributed by atoms with Crippen LogP contribution >= 0.6 is 12.4 Å². The van der Waals surface area contributed by atoms with E-state index in [9.17, 15) is 4.79 Å². The number of aryl methyl sites for hydroxylation is 1. The van der Waals surface area contributed by atoms with Crippen LogP contribution in [0.25, 0.3) is 11.5 Å². The number of piperidine rings is 1. The molecule has 0 aliphatic carbocycles. The van der Waals surface area contributed by atoms with Crippen molar-refractivity contribution in [2.24, 2.45) is 0 Å². The fourth-order valence-electron chi connectivity index (χ4n) is 4.11. The van der Waals surface area contributed by atoms with Crippen molar-refractivity contribution in [1.82, 2.24) is 35.2 Å². The van der Waals surface area contributed by atoms with E-state index in [0.717, 1.165) is 36.5 Å². The van der Waals surface area contributed by atoms with Crippen molar-refractivity contribution in [3.63, 3.8) is 0 Å². The summed E-state index contributed by atoms with van der Waals surface area (Å²) in [6.45, 7) is 2.84. The zero-order valence-corrected chi connectivity index (χ0v) is 18.1. The van der Waals surface area contributed by atoms with Gasteiger partial charge in [-0.25, -0.2) is 4.98 Å². The maximum Gasteiger partial charge on any atom is 0.276 e. The van der Waals surface area contributed by atoms with E-state index in [1.807, 2.05) is 12.1 Å². The summed E-state index contributed by atoms with van der Waals surface area (Å²) in [6.07, 6.45) is 10.6. The number of hydrogen-bond donors (Lipinski definition) is 1. The van der Waals surface area contributed by atoms with Gasteiger partial charge in [0, 0.05) is 37.9 Å². The molecule has 5 rings (SSSR count). The van der Waals surface area contributed by atoms with Crippen LogP contribution in [-0.2, 0) is 19.5 Å². The molecule has 2 aliphatic heterocycles. The predicted molar refractivity (Wildman–Crippen MR) is 116 cm³/mol. The topological polar surface area (TPSA) is 102 Å². The Labute approximate surface area is 186 Å². The summed E-state index contributed by atoms with van der Waals surface area (Å²) in [4.78, 5) is 23.4. The van der Waals surface area contributed by atoms with Crippen LogP contribution in [0.15, 0.2) is 35.1 Å². The SMILES string of the molecule is Cl.O=C(c1cn(CCC2CCCCN2)nn1)N1CCc2oc(-c3cccnc3)nc2C1. The van der Waals surface area contributed by atoms with Crippen molar-refractivity contribution in [2.45, 2.75) is 51.2 Å². The van der Waals surface area contributed by atoms with Gasteiger partial charge in [0.2, 0.25) is 5.89 Å². The predicted octanol–water partition coefficient (Wildman–Crippen LogP) is 2.48. The summed E-state index contributed by atoms with van der Waals surface area (Å²) in [5.74, 6) is 1.26. The molecule has 3 aromatic rings. The highest BCUT2D eigenvalue weighted by Gasteiger charge is 2.28. The Bertz CT molecular complexity index is 1010. The molecule has 0 spiro atoms. The van der Waals surface area contributed by atoms with E-state index in [1.165, 1.54) is 19.3 Å². The molecule has 0 radical (unpaired) electrons. The summed E-state index contributed by atoms with van der Waals surface area (Å²) in [7, 11) is 0. The number of rotatable bonds is 5. The minimum absolute atomic E-state index is 0. The van der Waals surface area contributed by atoms with Crippen molar-refractivity contribution >= 4 is 18.3 Å². The second-order valence-corrected chi connectivity index (χ2v) is 7.91. The molecule has 1 amide bonds. The van der Waals surface area contributed by atoms with E-state index in [-0.39, 0.29) is 18.3 Å². The van der Waals surface area contributed by atoms with Crippen molar-refractivity contribution in [3.05, 3.63) is 47.9 Å². The van der Waals surface area contributed by atoms with Crippen molar-refractivity contribution in [2.75, 3.05) is 13.1 Å². The van der Waals surface area contributed by atoms with Gasteiger partial charge < -0.3 is 14.6 Å². The molecule has 31 heavy (non-hydrogen) atoms. The lowest BCUT2D eigenvalue weighted by Gasteiger charge is -2.24. The molecule has 0 bridgehead atoms. The Kier molecular flexibility index (Phi) is 6.62. The number of carbonyl (C=O) groups excluding carboxylic acids is 1. The molecule has 9 nitrogen and oxygen atoms in total. The molecule has 164 valence electrons. The van der Waals surface area contributed by atoms with E-state index in [2.05, 4.69) is 25.6 Å². The number of aromatic nitrogens is 5. The van der Waals surface area contributed by atoms with Gasteiger partial charge in [-0.1, -0.05) is 11.6 Å². The summed E-state index contributed by atoms with van der Waals surface area (Å²) < 4.78 is 7.67. The third-order valence-electron chi connectivity index (χ3n) is 5.80. The van der Waals surface area contributed by atoms with Crippen LogP contribution in [-0.4, -0.2) is 54.9 Å². The molecule has 1 fully saturated rings. The summed E-state index contributed by atoms with van der Waals surface area (Å²) in [5.41, 5.74) is 2.01. The average Bonchev–Trinajstić information content (AvgIpc) is 3.45. The fourth-order valence-corrected chi connectivity index (χ4v) is 4.11. The Balaban J connectivity index is 0.00000231. The summed E-state index contributed by atoms with van der Waals surface area (Å²) in [5, 5.41) is 11.8. The highest BCUT2D eigenvalue weighted by molar-refractivity contribution is 5.92. The van der Waals surface area contributed by atoms with E-state index in [0.29, 0.717) is 37.1 Å². The van der Waals surface area contributed by atoms with Gasteiger partial charge in [-0.15, -0.1) is 17.5 Å². The van der Waals surface area contributed by atoms with Gasteiger partial charge in [0.05, 0.1) is 18.3 Å². The third-order valence-corrected chi connectivity index (χ3v) is 5.80. The lowest BCUT2D eigenvalue weighted by atomic mass is 10.0. The molecule has 3 aromatic heterocycles. The Morgan fingerprint density at radius 2 is 2.26 bits per heavy atom. The van der Waals surface area contributed by atoms with Crippen molar-refractivity contribution < 1.29 is 9.21 Å². The molecule has 2 aliphatic rings. The van der Waals surface area contributed by atoms with Gasteiger partial charge in [0.1, 0.15) is 11.5 Å². The molecule has 0 saturated carbocycles. The molecule has 1 unspecified atom stereocenters. The molecule has 10 heteroatoms. The van der Waals surface area contributed by atoms with Gasteiger partial charge in [0.15, 0.2) is 5.69 Å². The molecule has 1 N–H and O–H groups in total. The fraction of sp³-hybridized carbons (Fsp3) is 0.476. The van der Waals surface area contributed by atoms with Gasteiger partial charge >= 0.3 is 0 Å². The largest absolute Gasteiger partial charge is 0.441 e. The second kappa shape index (κ2) is 9.57. The van der Waals surface area contributed by atoms with Crippen molar-refractivity contribution in [3.8, 4) is 11.5 Å². The maximum atomic E-state index is 12.9. The molecular weight excluding hydrogens is 418 g/mol. The third kappa shape index (κ3) is 4.77. The number of fused-ring (bicyclic) bond motifs is 1. The maximum absolute atomic E-state index is 12.9.